The summed E-state index contributed by atoms with van der Waals surface area (Å²) in [5, 5.41) is 6.93. The van der Waals surface area contributed by atoms with Crippen LogP contribution in [0.3, 0.4) is 0 Å². The molecule has 0 radical (unpaired) electrons. The van der Waals surface area contributed by atoms with Crippen molar-refractivity contribution in [2.45, 2.75) is 45.7 Å². The van der Waals surface area contributed by atoms with Gasteiger partial charge in [-0.05, 0) is 62.1 Å². The molecule has 2 aromatic carbocycles. The molecule has 0 saturated carbocycles. The van der Waals surface area contributed by atoms with Gasteiger partial charge in [0.25, 0.3) is 0 Å². The van der Waals surface area contributed by atoms with Gasteiger partial charge in [0, 0.05) is 31.7 Å². The summed E-state index contributed by atoms with van der Waals surface area (Å²) in [6.07, 6.45) is 3.48. The van der Waals surface area contributed by atoms with Gasteiger partial charge in [-0.2, -0.15) is 0 Å². The van der Waals surface area contributed by atoms with Crippen molar-refractivity contribution in [1.29, 1.82) is 0 Å². The Labute approximate surface area is 185 Å². The minimum absolute atomic E-state index is 0.157. The predicted octanol–water partition coefficient (Wildman–Crippen LogP) is 4.26. The predicted molar refractivity (Wildman–Crippen MR) is 126 cm³/mol. The summed E-state index contributed by atoms with van der Waals surface area (Å²) < 4.78 is 11.5. The van der Waals surface area contributed by atoms with Crippen molar-refractivity contribution in [2.24, 2.45) is 4.99 Å². The van der Waals surface area contributed by atoms with Crippen LogP contribution in [0.25, 0.3) is 0 Å². The smallest absolute Gasteiger partial charge is 0.192 e. The SMILES string of the molecule is CCNC(=NCc1ccc2c(c1)OCCCO2)NC(C)c1cccc(N2CCCC2)c1. The molecule has 0 spiro atoms. The van der Waals surface area contributed by atoms with Crippen LogP contribution < -0.4 is 25.0 Å². The molecule has 0 aliphatic carbocycles. The molecule has 2 N–H and O–H groups in total. The second kappa shape index (κ2) is 10.4. The van der Waals surface area contributed by atoms with Gasteiger partial charge in [0.1, 0.15) is 0 Å². The van der Waals surface area contributed by atoms with Crippen LogP contribution in [0.5, 0.6) is 11.5 Å². The highest BCUT2D eigenvalue weighted by molar-refractivity contribution is 5.80. The number of nitrogens with zero attached hydrogens (tertiary/aromatic N) is 2. The molecule has 4 rings (SSSR count). The van der Waals surface area contributed by atoms with Crippen LogP contribution in [0, 0.1) is 0 Å². The highest BCUT2D eigenvalue weighted by Crippen LogP contribution is 2.30. The third kappa shape index (κ3) is 5.63. The van der Waals surface area contributed by atoms with Gasteiger partial charge in [0.15, 0.2) is 17.5 Å². The molecule has 0 bridgehead atoms. The third-order valence-corrected chi connectivity index (χ3v) is 5.77. The number of hydrogen-bond acceptors (Lipinski definition) is 4. The number of benzene rings is 2. The van der Waals surface area contributed by atoms with Gasteiger partial charge >= 0.3 is 0 Å². The maximum Gasteiger partial charge on any atom is 0.192 e. The van der Waals surface area contributed by atoms with Crippen molar-refractivity contribution in [3.8, 4) is 11.5 Å². The van der Waals surface area contributed by atoms with Crippen molar-refractivity contribution in [3.63, 3.8) is 0 Å². The lowest BCUT2D eigenvalue weighted by molar-refractivity contribution is 0.297. The highest BCUT2D eigenvalue weighted by atomic mass is 16.5. The van der Waals surface area contributed by atoms with Gasteiger partial charge in [-0.15, -0.1) is 0 Å². The average molecular weight is 423 g/mol. The zero-order chi connectivity index (χ0) is 21.5. The van der Waals surface area contributed by atoms with Crippen molar-refractivity contribution in [2.75, 3.05) is 37.7 Å². The van der Waals surface area contributed by atoms with E-state index in [9.17, 15) is 0 Å². The second-order valence-corrected chi connectivity index (χ2v) is 8.18. The zero-order valence-corrected chi connectivity index (χ0v) is 18.7. The third-order valence-electron chi connectivity index (χ3n) is 5.77. The van der Waals surface area contributed by atoms with E-state index in [2.05, 4.69) is 59.7 Å². The molecule has 166 valence electrons. The van der Waals surface area contributed by atoms with Crippen LogP contribution in [0.15, 0.2) is 47.5 Å². The average Bonchev–Trinajstić information content (AvgIpc) is 3.23. The number of nitrogens with one attached hydrogen (secondary N) is 2. The van der Waals surface area contributed by atoms with Crippen molar-refractivity contribution < 1.29 is 9.47 Å². The van der Waals surface area contributed by atoms with E-state index in [4.69, 9.17) is 14.5 Å². The fraction of sp³-hybridized carbons (Fsp3) is 0.480. The Hall–Kier alpha value is -2.89. The molecule has 0 amide bonds. The fourth-order valence-corrected chi connectivity index (χ4v) is 4.05. The lowest BCUT2D eigenvalue weighted by Crippen LogP contribution is -2.38. The summed E-state index contributed by atoms with van der Waals surface area (Å²) in [4.78, 5) is 7.28. The van der Waals surface area contributed by atoms with Gasteiger partial charge in [0.05, 0.1) is 25.8 Å². The van der Waals surface area contributed by atoms with Gasteiger partial charge in [-0.25, -0.2) is 4.99 Å². The summed E-state index contributed by atoms with van der Waals surface area (Å²) in [6, 6.07) is 15.1. The number of aliphatic imine (C=N–C) groups is 1. The van der Waals surface area contributed by atoms with Gasteiger partial charge < -0.3 is 25.0 Å². The van der Waals surface area contributed by atoms with E-state index < -0.39 is 0 Å². The second-order valence-electron chi connectivity index (χ2n) is 8.18. The summed E-state index contributed by atoms with van der Waals surface area (Å²) >= 11 is 0. The molecule has 2 aromatic rings. The molecule has 6 heteroatoms. The number of guanidine groups is 1. The van der Waals surface area contributed by atoms with Crippen molar-refractivity contribution in [3.05, 3.63) is 53.6 Å². The maximum atomic E-state index is 5.81. The zero-order valence-electron chi connectivity index (χ0n) is 18.7. The lowest BCUT2D eigenvalue weighted by Gasteiger charge is -2.22. The highest BCUT2D eigenvalue weighted by Gasteiger charge is 2.15. The molecule has 2 aliphatic heterocycles. The number of anilines is 1. The van der Waals surface area contributed by atoms with E-state index in [0.29, 0.717) is 19.8 Å². The van der Waals surface area contributed by atoms with Crippen LogP contribution in [0.1, 0.15) is 50.3 Å². The lowest BCUT2D eigenvalue weighted by atomic mass is 10.1. The molecule has 1 fully saturated rings. The molecule has 1 saturated heterocycles. The van der Waals surface area contributed by atoms with E-state index in [-0.39, 0.29) is 6.04 Å². The van der Waals surface area contributed by atoms with E-state index >= 15 is 0 Å². The number of ether oxygens (including phenoxy) is 2. The molecule has 31 heavy (non-hydrogen) atoms. The Morgan fingerprint density at radius 3 is 2.65 bits per heavy atom. The summed E-state index contributed by atoms with van der Waals surface area (Å²) in [7, 11) is 0. The molecule has 1 atom stereocenters. The summed E-state index contributed by atoms with van der Waals surface area (Å²) in [6.45, 7) is 9.37. The van der Waals surface area contributed by atoms with Gasteiger partial charge in [0.2, 0.25) is 0 Å². The van der Waals surface area contributed by atoms with E-state index in [1.807, 2.05) is 12.1 Å². The number of hydrogen-bond donors (Lipinski definition) is 2. The molecule has 2 heterocycles. The van der Waals surface area contributed by atoms with Crippen LogP contribution >= 0.6 is 0 Å². The minimum Gasteiger partial charge on any atom is -0.490 e. The molecule has 2 aliphatic rings. The molecular weight excluding hydrogens is 388 g/mol. The monoisotopic (exact) mass is 422 g/mol. The quantitative estimate of drug-likeness (QED) is 0.538. The van der Waals surface area contributed by atoms with Crippen molar-refractivity contribution >= 4 is 11.6 Å². The van der Waals surface area contributed by atoms with Crippen LogP contribution in [-0.4, -0.2) is 38.8 Å². The molecule has 1 unspecified atom stereocenters. The normalized spacial score (nSPS) is 17.2. The topological polar surface area (TPSA) is 58.1 Å². The Kier molecular flexibility index (Phi) is 7.18. The summed E-state index contributed by atoms with van der Waals surface area (Å²) in [5.74, 6) is 2.45. The Balaban J connectivity index is 1.43. The van der Waals surface area contributed by atoms with Crippen LogP contribution in [-0.2, 0) is 6.54 Å². The van der Waals surface area contributed by atoms with E-state index in [0.717, 1.165) is 49.1 Å². The largest absolute Gasteiger partial charge is 0.490 e. The van der Waals surface area contributed by atoms with E-state index in [1.54, 1.807) is 0 Å². The molecule has 0 aromatic heterocycles. The minimum atomic E-state index is 0.157. The number of rotatable bonds is 6. The standard InChI is InChI=1S/C25H34N4O2/c1-3-26-25(27-18-20-10-11-23-24(16-20)31-15-7-14-30-23)28-19(2)21-8-6-9-22(17-21)29-12-4-5-13-29/h6,8-11,16-17,19H,3-5,7,12-15,18H2,1-2H3,(H2,26,27,28). The first kappa shape index (κ1) is 21.3. The van der Waals surface area contributed by atoms with Crippen LogP contribution in [0.4, 0.5) is 5.69 Å². The molecular formula is C25H34N4O2. The van der Waals surface area contributed by atoms with Crippen LogP contribution in [0.2, 0.25) is 0 Å². The molecule has 6 nitrogen and oxygen atoms in total. The fourth-order valence-electron chi connectivity index (χ4n) is 4.05. The first-order valence-corrected chi connectivity index (χ1v) is 11.5. The van der Waals surface area contributed by atoms with Gasteiger partial charge in [-0.3, -0.25) is 0 Å². The summed E-state index contributed by atoms with van der Waals surface area (Å²) in [5.41, 5.74) is 3.69. The maximum absolute atomic E-state index is 5.81. The Morgan fingerprint density at radius 2 is 1.84 bits per heavy atom. The first-order chi connectivity index (χ1) is 15.2. The number of fused-ring (bicyclic) bond motifs is 1. The first-order valence-electron chi connectivity index (χ1n) is 11.5. The van der Waals surface area contributed by atoms with Gasteiger partial charge in [-0.1, -0.05) is 18.2 Å². The Morgan fingerprint density at radius 1 is 1.03 bits per heavy atom. The van der Waals surface area contributed by atoms with E-state index in [1.165, 1.54) is 24.1 Å². The van der Waals surface area contributed by atoms with Crippen molar-refractivity contribution in [1.82, 2.24) is 10.6 Å². The Bertz CT molecular complexity index is 893.